The Morgan fingerprint density at radius 2 is 2.07 bits per heavy atom. The number of anilines is 2. The third-order valence-electron chi connectivity index (χ3n) is 1.56. The molecule has 0 radical (unpaired) electrons. The van der Waals surface area contributed by atoms with Crippen molar-refractivity contribution < 1.29 is 18.3 Å². The Bertz CT molecular complexity index is 478. The molecule has 1 aromatic carbocycles. The van der Waals surface area contributed by atoms with E-state index in [4.69, 9.17) is 22.4 Å². The van der Waals surface area contributed by atoms with Crippen LogP contribution in [-0.4, -0.2) is 19.5 Å². The summed E-state index contributed by atoms with van der Waals surface area (Å²) in [5.41, 5.74) is 5.21. The summed E-state index contributed by atoms with van der Waals surface area (Å²) in [5, 5.41) is 8.65. The molecule has 0 unspecified atom stereocenters. The highest BCUT2D eigenvalue weighted by molar-refractivity contribution is 7.73. The number of aromatic carboxylic acids is 1. The maximum atomic E-state index is 10.6. The Morgan fingerprint density at radius 1 is 1.47 bits per heavy atom. The molecule has 0 saturated heterocycles. The van der Waals surface area contributed by atoms with Crippen LogP contribution in [0.3, 0.4) is 0 Å². The van der Waals surface area contributed by atoms with Crippen LogP contribution in [0.4, 0.5) is 11.4 Å². The second-order valence-corrected chi connectivity index (χ2v) is 3.72. The largest absolute Gasteiger partial charge is 0.478 e. The number of thiol groups is 1. The minimum absolute atomic E-state index is 0.00378. The lowest BCUT2D eigenvalue weighted by Crippen LogP contribution is -2.03. The summed E-state index contributed by atoms with van der Waals surface area (Å²) in [7, 11) is -2.92. The molecule has 0 amide bonds. The smallest absolute Gasteiger partial charge is 0.335 e. The third kappa shape index (κ3) is 2.74. The van der Waals surface area contributed by atoms with Crippen molar-refractivity contribution in [3.05, 3.63) is 22.7 Å². The van der Waals surface area contributed by atoms with Gasteiger partial charge in [-0.1, -0.05) is 11.6 Å². The topological polar surface area (TPSA) is 109 Å². The van der Waals surface area contributed by atoms with Gasteiger partial charge in [0.2, 0.25) is 10.9 Å². The van der Waals surface area contributed by atoms with Gasteiger partial charge < -0.3 is 10.8 Å². The fraction of sp³-hybridized carbons (Fsp3) is 0. The van der Waals surface area contributed by atoms with Crippen LogP contribution < -0.4 is 10.5 Å². The van der Waals surface area contributed by atoms with E-state index in [0.717, 1.165) is 12.1 Å². The number of carbonyl (C=O) groups is 1. The zero-order valence-electron chi connectivity index (χ0n) is 7.23. The molecular weight excluding hydrogens is 244 g/mol. The van der Waals surface area contributed by atoms with E-state index in [1.807, 2.05) is 4.72 Å². The van der Waals surface area contributed by atoms with Crippen molar-refractivity contribution in [2.24, 2.45) is 0 Å². The zero-order valence-corrected chi connectivity index (χ0v) is 8.88. The van der Waals surface area contributed by atoms with E-state index in [0.29, 0.717) is 0 Å². The fourth-order valence-electron chi connectivity index (χ4n) is 0.950. The Balaban J connectivity index is 3.30. The number of carboxylic acids is 1. The number of nitrogens with one attached hydrogen (secondary N) is 1. The number of rotatable bonds is 3. The zero-order chi connectivity index (χ0) is 11.6. The van der Waals surface area contributed by atoms with Crippen molar-refractivity contribution in [1.82, 2.24) is 0 Å². The molecular formula is C7H7ClN2O4S. The highest BCUT2D eigenvalue weighted by Gasteiger charge is 2.11. The second-order valence-electron chi connectivity index (χ2n) is 2.60. The molecule has 82 valence electrons. The molecule has 6 nitrogen and oxygen atoms in total. The first-order chi connectivity index (χ1) is 6.91. The SMILES string of the molecule is Nc1cc(C(=O)O)cc(N[SH](=O)=O)c1Cl. The van der Waals surface area contributed by atoms with E-state index >= 15 is 0 Å². The number of nitrogen functional groups attached to an aromatic ring is 1. The van der Waals surface area contributed by atoms with Crippen LogP contribution in [0, 0.1) is 0 Å². The number of hydrogen-bond acceptors (Lipinski definition) is 4. The molecule has 0 aliphatic heterocycles. The molecule has 8 heteroatoms. The van der Waals surface area contributed by atoms with Crippen LogP contribution >= 0.6 is 11.6 Å². The predicted octanol–water partition coefficient (Wildman–Crippen LogP) is 0.559. The number of nitrogens with two attached hydrogens (primary N) is 1. The summed E-state index contributed by atoms with van der Waals surface area (Å²) in [4.78, 5) is 10.6. The summed E-state index contributed by atoms with van der Waals surface area (Å²) < 4.78 is 22.8. The van der Waals surface area contributed by atoms with E-state index in [-0.39, 0.29) is 22.0 Å². The fourth-order valence-corrected chi connectivity index (χ4v) is 1.55. The van der Waals surface area contributed by atoms with Crippen molar-refractivity contribution in [2.45, 2.75) is 0 Å². The number of carboxylic acid groups (broad SMARTS) is 1. The summed E-state index contributed by atoms with van der Waals surface area (Å²) in [5.74, 6) is -1.22. The van der Waals surface area contributed by atoms with Gasteiger partial charge in [0.1, 0.15) is 0 Å². The van der Waals surface area contributed by atoms with Crippen molar-refractivity contribution in [2.75, 3.05) is 10.5 Å². The highest BCUT2D eigenvalue weighted by atomic mass is 35.5. The average Bonchev–Trinajstić information content (AvgIpc) is 2.11. The molecule has 15 heavy (non-hydrogen) atoms. The molecule has 0 aliphatic carbocycles. The monoisotopic (exact) mass is 250 g/mol. The van der Waals surface area contributed by atoms with Crippen molar-refractivity contribution in [3.8, 4) is 0 Å². The van der Waals surface area contributed by atoms with E-state index in [1.165, 1.54) is 0 Å². The van der Waals surface area contributed by atoms with Gasteiger partial charge in [-0.25, -0.2) is 13.2 Å². The van der Waals surface area contributed by atoms with Crippen LogP contribution in [0.1, 0.15) is 10.4 Å². The van der Waals surface area contributed by atoms with Crippen molar-refractivity contribution >= 4 is 39.8 Å². The van der Waals surface area contributed by atoms with Crippen LogP contribution in [0.15, 0.2) is 12.1 Å². The van der Waals surface area contributed by atoms with Gasteiger partial charge in [0.05, 0.1) is 22.0 Å². The number of halogens is 1. The van der Waals surface area contributed by atoms with Gasteiger partial charge in [-0.3, -0.25) is 4.72 Å². The Labute approximate surface area is 91.7 Å². The molecule has 0 spiro atoms. The first-order valence-electron chi connectivity index (χ1n) is 3.65. The standard InChI is InChI=1S/C7H7ClN2O4S/c8-6-4(9)1-3(7(11)12)2-5(6)10-15(13)14/h1-2,15H,9H2,(H,11,12)(H,10,13,14). The highest BCUT2D eigenvalue weighted by Crippen LogP contribution is 2.29. The summed E-state index contributed by atoms with van der Waals surface area (Å²) in [6.45, 7) is 0. The number of benzene rings is 1. The molecule has 0 aliphatic rings. The van der Waals surface area contributed by atoms with Crippen LogP contribution in [-0.2, 0) is 10.9 Å². The maximum absolute atomic E-state index is 10.6. The lowest BCUT2D eigenvalue weighted by Gasteiger charge is -2.06. The van der Waals surface area contributed by atoms with Gasteiger partial charge in [0, 0.05) is 0 Å². The first-order valence-corrected chi connectivity index (χ1v) is 5.20. The summed E-state index contributed by atoms with van der Waals surface area (Å²) in [6, 6.07) is 2.24. The Morgan fingerprint density at radius 3 is 2.53 bits per heavy atom. The second kappa shape index (κ2) is 4.37. The lowest BCUT2D eigenvalue weighted by molar-refractivity contribution is 0.0697. The van der Waals surface area contributed by atoms with Crippen LogP contribution in [0.25, 0.3) is 0 Å². The Hall–Kier alpha value is -1.47. The first kappa shape index (κ1) is 11.6. The number of hydrogen-bond donors (Lipinski definition) is 4. The van der Waals surface area contributed by atoms with Crippen molar-refractivity contribution in [1.29, 1.82) is 0 Å². The quantitative estimate of drug-likeness (QED) is 0.463. The maximum Gasteiger partial charge on any atom is 0.335 e. The molecule has 0 heterocycles. The van der Waals surface area contributed by atoms with Gasteiger partial charge >= 0.3 is 5.97 Å². The minimum atomic E-state index is -2.92. The van der Waals surface area contributed by atoms with Crippen LogP contribution in [0.5, 0.6) is 0 Å². The molecule has 0 bridgehead atoms. The molecule has 0 saturated carbocycles. The molecule has 0 atom stereocenters. The van der Waals surface area contributed by atoms with Gasteiger partial charge in [-0.05, 0) is 12.1 Å². The predicted molar refractivity (Wildman–Crippen MR) is 56.8 cm³/mol. The van der Waals surface area contributed by atoms with Gasteiger partial charge in [0.25, 0.3) is 0 Å². The van der Waals surface area contributed by atoms with Gasteiger partial charge in [-0.2, -0.15) is 0 Å². The average molecular weight is 251 g/mol. The van der Waals surface area contributed by atoms with E-state index in [2.05, 4.69) is 0 Å². The van der Waals surface area contributed by atoms with E-state index in [9.17, 15) is 13.2 Å². The molecule has 0 fully saturated rings. The Kier molecular flexibility index (Phi) is 3.38. The summed E-state index contributed by atoms with van der Waals surface area (Å²) >= 11 is 5.67. The van der Waals surface area contributed by atoms with Gasteiger partial charge in [-0.15, -0.1) is 0 Å². The van der Waals surface area contributed by atoms with Crippen LogP contribution in [0.2, 0.25) is 5.02 Å². The molecule has 1 rings (SSSR count). The van der Waals surface area contributed by atoms with Crippen molar-refractivity contribution in [3.63, 3.8) is 0 Å². The van der Waals surface area contributed by atoms with E-state index in [1.54, 1.807) is 0 Å². The minimum Gasteiger partial charge on any atom is -0.478 e. The molecule has 4 N–H and O–H groups in total. The summed E-state index contributed by atoms with van der Waals surface area (Å²) in [6.07, 6.45) is 0. The lowest BCUT2D eigenvalue weighted by atomic mass is 10.2. The molecule has 0 aromatic heterocycles. The molecule has 1 aromatic rings. The third-order valence-corrected chi connectivity index (χ3v) is 2.40. The van der Waals surface area contributed by atoms with E-state index < -0.39 is 16.9 Å². The normalized spacial score (nSPS) is 10.3. The van der Waals surface area contributed by atoms with Gasteiger partial charge in [0.15, 0.2) is 0 Å².